The molecule has 0 aromatic carbocycles. The Morgan fingerprint density at radius 2 is 2.16 bits per heavy atom. The fourth-order valence-corrected chi connectivity index (χ4v) is 3.41. The quantitative estimate of drug-likeness (QED) is 0.784. The van der Waals surface area contributed by atoms with E-state index in [2.05, 4.69) is 16.0 Å². The van der Waals surface area contributed by atoms with Crippen molar-refractivity contribution in [3.63, 3.8) is 0 Å². The van der Waals surface area contributed by atoms with Crippen LogP contribution in [0.4, 0.5) is 0 Å². The largest absolute Gasteiger partial charge is 0.376 e. The lowest BCUT2D eigenvalue weighted by Crippen LogP contribution is -2.38. The van der Waals surface area contributed by atoms with Gasteiger partial charge in [0.25, 0.3) is 0 Å². The van der Waals surface area contributed by atoms with Crippen LogP contribution in [-0.2, 0) is 20.8 Å². The molecule has 6 heteroatoms. The number of pyridine rings is 1. The van der Waals surface area contributed by atoms with Gasteiger partial charge in [0, 0.05) is 45.5 Å². The third kappa shape index (κ3) is 6.06. The van der Waals surface area contributed by atoms with Crippen molar-refractivity contribution in [3.8, 4) is 0 Å². The molecule has 1 aromatic rings. The Hall–Kier alpha value is -1.50. The number of carbonyl (C=O) groups excluding carboxylic acids is 1. The van der Waals surface area contributed by atoms with Gasteiger partial charge in [-0.3, -0.25) is 14.7 Å². The second-order valence-electron chi connectivity index (χ2n) is 6.84. The highest BCUT2D eigenvalue weighted by Crippen LogP contribution is 2.13. The first kappa shape index (κ1) is 18.3. The predicted molar refractivity (Wildman–Crippen MR) is 95.1 cm³/mol. The van der Waals surface area contributed by atoms with Crippen LogP contribution in [0.25, 0.3) is 0 Å². The van der Waals surface area contributed by atoms with Gasteiger partial charge in [-0.05, 0) is 37.8 Å². The Labute approximate surface area is 150 Å². The summed E-state index contributed by atoms with van der Waals surface area (Å²) in [5.74, 6) is 0.0931. The van der Waals surface area contributed by atoms with Crippen LogP contribution in [0.15, 0.2) is 24.4 Å². The van der Waals surface area contributed by atoms with Gasteiger partial charge in [0.1, 0.15) is 6.61 Å². The Bertz CT molecular complexity index is 520. The maximum absolute atomic E-state index is 12.4. The van der Waals surface area contributed by atoms with Gasteiger partial charge in [-0.15, -0.1) is 0 Å². The van der Waals surface area contributed by atoms with Crippen LogP contribution in [0.5, 0.6) is 0 Å². The summed E-state index contributed by atoms with van der Waals surface area (Å²) in [6, 6.07) is 6.00. The normalized spacial score (nSPS) is 22.6. The molecule has 6 nitrogen and oxygen atoms in total. The highest BCUT2D eigenvalue weighted by molar-refractivity contribution is 5.77. The van der Waals surface area contributed by atoms with Crippen molar-refractivity contribution in [2.45, 2.75) is 38.3 Å². The SMILES string of the molecule is O=C(COC[C@H]1CCCCO1)N1CCCN(Cc2ccccn2)CC1. The van der Waals surface area contributed by atoms with Crippen molar-refractivity contribution in [2.75, 3.05) is 46.0 Å². The summed E-state index contributed by atoms with van der Waals surface area (Å²) in [7, 11) is 0. The molecule has 3 heterocycles. The van der Waals surface area contributed by atoms with Gasteiger partial charge in [0.15, 0.2) is 0 Å². The fraction of sp³-hybridized carbons (Fsp3) is 0.684. The Balaban J connectivity index is 1.37. The Morgan fingerprint density at radius 3 is 2.96 bits per heavy atom. The summed E-state index contributed by atoms with van der Waals surface area (Å²) in [6.07, 6.45) is 6.36. The summed E-state index contributed by atoms with van der Waals surface area (Å²) in [6.45, 7) is 5.81. The van der Waals surface area contributed by atoms with Crippen molar-refractivity contribution in [2.24, 2.45) is 0 Å². The molecular weight excluding hydrogens is 318 g/mol. The van der Waals surface area contributed by atoms with E-state index in [1.165, 1.54) is 6.42 Å². The van der Waals surface area contributed by atoms with Gasteiger partial charge in [-0.25, -0.2) is 0 Å². The molecule has 0 aliphatic carbocycles. The fourth-order valence-electron chi connectivity index (χ4n) is 3.41. The summed E-state index contributed by atoms with van der Waals surface area (Å²) in [4.78, 5) is 21.1. The van der Waals surface area contributed by atoms with E-state index in [4.69, 9.17) is 9.47 Å². The molecule has 0 bridgehead atoms. The lowest BCUT2D eigenvalue weighted by atomic mass is 10.1. The van der Waals surface area contributed by atoms with Gasteiger partial charge >= 0.3 is 0 Å². The zero-order valence-corrected chi connectivity index (χ0v) is 14.9. The molecule has 2 fully saturated rings. The number of carbonyl (C=O) groups is 1. The maximum Gasteiger partial charge on any atom is 0.248 e. The van der Waals surface area contributed by atoms with Crippen LogP contribution in [0.1, 0.15) is 31.4 Å². The van der Waals surface area contributed by atoms with Gasteiger partial charge < -0.3 is 14.4 Å². The van der Waals surface area contributed by atoms with E-state index in [-0.39, 0.29) is 18.6 Å². The monoisotopic (exact) mass is 347 g/mol. The van der Waals surface area contributed by atoms with Crippen LogP contribution < -0.4 is 0 Å². The lowest BCUT2D eigenvalue weighted by Gasteiger charge is -2.24. The molecule has 0 N–H and O–H groups in total. The van der Waals surface area contributed by atoms with Gasteiger partial charge in [0.2, 0.25) is 5.91 Å². The summed E-state index contributed by atoms with van der Waals surface area (Å²) >= 11 is 0. The topological polar surface area (TPSA) is 54.9 Å². The van der Waals surface area contributed by atoms with Crippen molar-refractivity contribution < 1.29 is 14.3 Å². The highest BCUT2D eigenvalue weighted by Gasteiger charge is 2.20. The standard InChI is InChI=1S/C19H29N3O3/c23-19(16-24-15-18-7-2-4-13-25-18)22-10-5-9-21(11-12-22)14-17-6-1-3-8-20-17/h1,3,6,8,18H,2,4-5,7,9-16H2/t18-/m1/s1. The first-order chi connectivity index (χ1) is 12.3. The molecule has 25 heavy (non-hydrogen) atoms. The summed E-state index contributed by atoms with van der Waals surface area (Å²) < 4.78 is 11.2. The first-order valence-electron chi connectivity index (χ1n) is 9.40. The van der Waals surface area contributed by atoms with Crippen molar-refractivity contribution >= 4 is 5.91 Å². The van der Waals surface area contributed by atoms with Crippen molar-refractivity contribution in [3.05, 3.63) is 30.1 Å². The molecule has 0 radical (unpaired) electrons. The van der Waals surface area contributed by atoms with E-state index in [1.807, 2.05) is 23.2 Å². The third-order valence-electron chi connectivity index (χ3n) is 4.86. The van der Waals surface area contributed by atoms with E-state index in [0.717, 1.165) is 64.3 Å². The molecular formula is C19H29N3O3. The molecule has 3 rings (SSSR count). The van der Waals surface area contributed by atoms with Crippen LogP contribution in [0.3, 0.4) is 0 Å². The summed E-state index contributed by atoms with van der Waals surface area (Å²) in [5, 5.41) is 0. The van der Waals surface area contributed by atoms with Crippen molar-refractivity contribution in [1.29, 1.82) is 0 Å². The van der Waals surface area contributed by atoms with Crippen molar-refractivity contribution in [1.82, 2.24) is 14.8 Å². The molecule has 1 aromatic heterocycles. The second kappa shape index (κ2) is 9.85. The zero-order chi connectivity index (χ0) is 17.3. The Morgan fingerprint density at radius 1 is 1.20 bits per heavy atom. The number of ether oxygens (including phenoxy) is 2. The minimum Gasteiger partial charge on any atom is -0.376 e. The number of hydrogen-bond donors (Lipinski definition) is 0. The Kier molecular flexibility index (Phi) is 7.21. The molecule has 2 aliphatic rings. The minimum absolute atomic E-state index is 0.0931. The second-order valence-corrected chi connectivity index (χ2v) is 6.84. The lowest BCUT2D eigenvalue weighted by molar-refractivity contribution is -0.138. The number of aromatic nitrogens is 1. The smallest absolute Gasteiger partial charge is 0.248 e. The van der Waals surface area contributed by atoms with Gasteiger partial charge in [0.05, 0.1) is 18.4 Å². The van der Waals surface area contributed by atoms with E-state index in [1.54, 1.807) is 0 Å². The molecule has 138 valence electrons. The minimum atomic E-state index is 0.0931. The van der Waals surface area contributed by atoms with E-state index in [0.29, 0.717) is 6.61 Å². The third-order valence-corrected chi connectivity index (χ3v) is 4.86. The maximum atomic E-state index is 12.4. The number of amides is 1. The van der Waals surface area contributed by atoms with Gasteiger partial charge in [-0.1, -0.05) is 6.07 Å². The van der Waals surface area contributed by atoms with Crippen LogP contribution in [-0.4, -0.2) is 72.8 Å². The predicted octanol–water partition coefficient (Wildman–Crippen LogP) is 1.70. The van der Waals surface area contributed by atoms with E-state index < -0.39 is 0 Å². The highest BCUT2D eigenvalue weighted by atomic mass is 16.5. The molecule has 0 unspecified atom stereocenters. The average molecular weight is 347 g/mol. The number of hydrogen-bond acceptors (Lipinski definition) is 5. The van der Waals surface area contributed by atoms with Crippen LogP contribution in [0.2, 0.25) is 0 Å². The molecule has 2 saturated heterocycles. The van der Waals surface area contributed by atoms with E-state index >= 15 is 0 Å². The molecule has 1 amide bonds. The summed E-state index contributed by atoms with van der Waals surface area (Å²) in [5.41, 5.74) is 1.08. The molecule has 2 aliphatic heterocycles. The first-order valence-corrected chi connectivity index (χ1v) is 9.40. The van der Waals surface area contributed by atoms with Crippen LogP contribution in [0, 0.1) is 0 Å². The van der Waals surface area contributed by atoms with E-state index in [9.17, 15) is 4.79 Å². The number of rotatable bonds is 6. The molecule has 0 saturated carbocycles. The average Bonchev–Trinajstić information content (AvgIpc) is 2.89. The number of nitrogens with zero attached hydrogens (tertiary/aromatic N) is 3. The molecule has 0 spiro atoms. The molecule has 1 atom stereocenters. The van der Waals surface area contributed by atoms with Crippen LogP contribution >= 0.6 is 0 Å². The van der Waals surface area contributed by atoms with Gasteiger partial charge in [-0.2, -0.15) is 0 Å². The zero-order valence-electron chi connectivity index (χ0n) is 14.9.